The fourth-order valence-corrected chi connectivity index (χ4v) is 2.07. The summed E-state index contributed by atoms with van der Waals surface area (Å²) in [7, 11) is 1.58. The van der Waals surface area contributed by atoms with Crippen LogP contribution in [0.2, 0.25) is 0 Å². The van der Waals surface area contributed by atoms with Gasteiger partial charge in [-0.25, -0.2) is 0 Å². The number of carboxylic acids is 1. The van der Waals surface area contributed by atoms with E-state index in [9.17, 15) is 4.79 Å². The van der Waals surface area contributed by atoms with E-state index in [1.54, 1.807) is 7.11 Å². The second-order valence-electron chi connectivity index (χ2n) is 4.30. The molecule has 0 saturated heterocycles. The van der Waals surface area contributed by atoms with E-state index in [4.69, 9.17) is 9.94 Å². The summed E-state index contributed by atoms with van der Waals surface area (Å²) >= 11 is 0. The fourth-order valence-electron chi connectivity index (χ4n) is 2.07. The Morgan fingerprint density at radius 2 is 2.18 bits per heavy atom. The highest BCUT2D eigenvalue weighted by molar-refractivity contribution is 6.01. The lowest BCUT2D eigenvalue weighted by molar-refractivity contribution is -0.137. The third kappa shape index (κ3) is 5.52. The zero-order chi connectivity index (χ0) is 12.5. The molecule has 0 fully saturated rings. The third-order valence-corrected chi connectivity index (χ3v) is 2.93. The molecule has 4 heteroatoms. The average molecular weight is 239 g/mol. The van der Waals surface area contributed by atoms with Crippen LogP contribution in [-0.4, -0.2) is 23.9 Å². The second-order valence-corrected chi connectivity index (χ2v) is 4.30. The maximum atomic E-state index is 10.3. The first-order chi connectivity index (χ1) is 8.24. The van der Waals surface area contributed by atoms with Crippen LogP contribution in [0, 0.1) is 0 Å². The van der Waals surface area contributed by atoms with Crippen molar-refractivity contribution in [3.63, 3.8) is 0 Å². The van der Waals surface area contributed by atoms with Crippen LogP contribution in [0.4, 0.5) is 0 Å². The molecule has 4 nitrogen and oxygen atoms in total. The molecule has 0 aliphatic heterocycles. The Hall–Kier alpha value is -1.32. The molecule has 17 heavy (non-hydrogen) atoms. The number of carboxylic acid groups (broad SMARTS) is 1. The van der Waals surface area contributed by atoms with Crippen molar-refractivity contribution in [3.05, 3.63) is 11.6 Å². The molecule has 0 aromatic carbocycles. The van der Waals surface area contributed by atoms with Crippen LogP contribution in [0.1, 0.15) is 51.4 Å². The molecular formula is C13H21NO3. The summed E-state index contributed by atoms with van der Waals surface area (Å²) in [5.41, 5.74) is 2.39. The lowest BCUT2D eigenvalue weighted by atomic mass is 10.0. The molecule has 1 rings (SSSR count). The molecule has 0 amide bonds. The summed E-state index contributed by atoms with van der Waals surface area (Å²) in [6, 6.07) is 0. The van der Waals surface area contributed by atoms with Gasteiger partial charge in [0.05, 0.1) is 5.71 Å². The molecule has 0 unspecified atom stereocenters. The van der Waals surface area contributed by atoms with Gasteiger partial charge in [-0.05, 0) is 37.7 Å². The maximum Gasteiger partial charge on any atom is 0.303 e. The van der Waals surface area contributed by atoms with E-state index in [1.165, 1.54) is 5.57 Å². The standard InChI is InChI=1S/C13H21NO3/c1-17-14-12-9-6-8-11(12)7-4-2-3-5-10-13(15)16/h8H,2-7,9-10H2,1H3,(H,15,16)/b14-12+. The number of oxime groups is 1. The highest BCUT2D eigenvalue weighted by Crippen LogP contribution is 2.21. The molecule has 0 saturated carbocycles. The molecular weight excluding hydrogens is 218 g/mol. The maximum absolute atomic E-state index is 10.3. The largest absolute Gasteiger partial charge is 0.481 e. The van der Waals surface area contributed by atoms with Crippen LogP contribution < -0.4 is 0 Å². The first-order valence-corrected chi connectivity index (χ1v) is 6.25. The summed E-state index contributed by atoms with van der Waals surface area (Å²) in [6.07, 6.45) is 9.59. The molecule has 0 atom stereocenters. The first kappa shape index (κ1) is 13.7. The number of allylic oxidation sites excluding steroid dienone is 2. The van der Waals surface area contributed by atoms with Gasteiger partial charge in [0, 0.05) is 6.42 Å². The van der Waals surface area contributed by atoms with Crippen LogP contribution in [0.3, 0.4) is 0 Å². The number of hydrogen-bond donors (Lipinski definition) is 1. The number of nitrogens with zero attached hydrogens (tertiary/aromatic N) is 1. The van der Waals surface area contributed by atoms with E-state index >= 15 is 0 Å². The molecule has 0 aromatic heterocycles. The van der Waals surface area contributed by atoms with E-state index in [1.807, 2.05) is 0 Å². The summed E-state index contributed by atoms with van der Waals surface area (Å²) in [5, 5.41) is 12.5. The Bertz CT molecular complexity index is 308. The summed E-state index contributed by atoms with van der Waals surface area (Å²) in [5.74, 6) is -0.696. The zero-order valence-electron chi connectivity index (χ0n) is 10.4. The highest BCUT2D eigenvalue weighted by Gasteiger charge is 2.13. The second kappa shape index (κ2) is 7.87. The van der Waals surface area contributed by atoms with Crippen molar-refractivity contribution in [2.45, 2.75) is 51.4 Å². The fraction of sp³-hybridized carbons (Fsp3) is 0.692. The Balaban J connectivity index is 2.10. The van der Waals surface area contributed by atoms with Gasteiger partial charge in [-0.15, -0.1) is 0 Å². The topological polar surface area (TPSA) is 58.9 Å². The van der Waals surface area contributed by atoms with Crippen molar-refractivity contribution in [2.75, 3.05) is 7.11 Å². The SMILES string of the molecule is CO/N=C1\CCC=C1CCCCCCC(=O)O. The number of carbonyl (C=O) groups is 1. The molecule has 0 heterocycles. The quantitative estimate of drug-likeness (QED) is 0.523. The summed E-state index contributed by atoms with van der Waals surface area (Å²) < 4.78 is 0. The number of aliphatic carboxylic acids is 1. The lowest BCUT2D eigenvalue weighted by Crippen LogP contribution is -1.98. The molecule has 1 N–H and O–H groups in total. The van der Waals surface area contributed by atoms with Crippen LogP contribution in [0.25, 0.3) is 0 Å². The monoisotopic (exact) mass is 239 g/mol. The molecule has 96 valence electrons. The van der Waals surface area contributed by atoms with Gasteiger partial charge in [0.25, 0.3) is 0 Å². The average Bonchev–Trinajstić information content (AvgIpc) is 2.71. The minimum atomic E-state index is -0.696. The number of unbranched alkanes of at least 4 members (excludes halogenated alkanes) is 3. The summed E-state index contributed by atoms with van der Waals surface area (Å²) in [4.78, 5) is 15.1. The van der Waals surface area contributed by atoms with Gasteiger partial charge in [-0.1, -0.05) is 24.1 Å². The van der Waals surface area contributed by atoms with Gasteiger partial charge in [-0.2, -0.15) is 0 Å². The lowest BCUT2D eigenvalue weighted by Gasteiger charge is -2.04. The van der Waals surface area contributed by atoms with Crippen LogP contribution >= 0.6 is 0 Å². The third-order valence-electron chi connectivity index (χ3n) is 2.93. The van der Waals surface area contributed by atoms with E-state index in [-0.39, 0.29) is 0 Å². The Morgan fingerprint density at radius 1 is 1.41 bits per heavy atom. The minimum absolute atomic E-state index is 0.291. The highest BCUT2D eigenvalue weighted by atomic mass is 16.6. The predicted molar refractivity (Wildman–Crippen MR) is 67.1 cm³/mol. The number of hydrogen-bond acceptors (Lipinski definition) is 3. The Morgan fingerprint density at radius 3 is 2.88 bits per heavy atom. The van der Waals surface area contributed by atoms with Gasteiger partial charge in [0.2, 0.25) is 0 Å². The van der Waals surface area contributed by atoms with Gasteiger partial charge in [0.15, 0.2) is 0 Å². The molecule has 0 spiro atoms. The minimum Gasteiger partial charge on any atom is -0.481 e. The van der Waals surface area contributed by atoms with Gasteiger partial charge in [-0.3, -0.25) is 4.79 Å². The van der Waals surface area contributed by atoms with E-state index in [0.717, 1.165) is 50.7 Å². The predicted octanol–water partition coefficient (Wildman–Crippen LogP) is 3.13. The van der Waals surface area contributed by atoms with Crippen molar-refractivity contribution in [3.8, 4) is 0 Å². The van der Waals surface area contributed by atoms with Crippen LogP contribution in [0.15, 0.2) is 16.8 Å². The Kier molecular flexibility index (Phi) is 6.37. The molecule has 0 aromatic rings. The normalized spacial score (nSPS) is 17.2. The van der Waals surface area contributed by atoms with Crippen molar-refractivity contribution in [1.82, 2.24) is 0 Å². The number of rotatable bonds is 8. The Labute approximate surface area is 102 Å². The molecule has 1 aliphatic carbocycles. The smallest absolute Gasteiger partial charge is 0.303 e. The van der Waals surface area contributed by atoms with Gasteiger partial charge in [0.1, 0.15) is 7.11 Å². The van der Waals surface area contributed by atoms with Crippen LogP contribution in [0.5, 0.6) is 0 Å². The zero-order valence-corrected chi connectivity index (χ0v) is 10.4. The van der Waals surface area contributed by atoms with Crippen molar-refractivity contribution >= 4 is 11.7 Å². The first-order valence-electron chi connectivity index (χ1n) is 6.25. The van der Waals surface area contributed by atoms with E-state index in [0.29, 0.717) is 6.42 Å². The molecule has 0 bridgehead atoms. The van der Waals surface area contributed by atoms with Crippen molar-refractivity contribution < 1.29 is 14.7 Å². The van der Waals surface area contributed by atoms with Crippen LogP contribution in [-0.2, 0) is 9.63 Å². The van der Waals surface area contributed by atoms with Crippen molar-refractivity contribution in [2.24, 2.45) is 5.16 Å². The summed E-state index contributed by atoms with van der Waals surface area (Å²) in [6.45, 7) is 0. The van der Waals surface area contributed by atoms with Gasteiger partial charge >= 0.3 is 5.97 Å². The van der Waals surface area contributed by atoms with E-state index in [2.05, 4.69) is 11.2 Å². The molecule has 1 aliphatic rings. The molecule has 0 radical (unpaired) electrons. The van der Waals surface area contributed by atoms with Crippen molar-refractivity contribution in [1.29, 1.82) is 0 Å². The van der Waals surface area contributed by atoms with Gasteiger partial charge < -0.3 is 9.94 Å². The van der Waals surface area contributed by atoms with E-state index < -0.39 is 5.97 Å².